The van der Waals surface area contributed by atoms with Gasteiger partial charge in [0, 0.05) is 0 Å². The van der Waals surface area contributed by atoms with Gasteiger partial charge in [-0.05, 0) is 12.8 Å². The Bertz CT molecular complexity index is 141. The van der Waals surface area contributed by atoms with E-state index in [0.717, 1.165) is 25.7 Å². The van der Waals surface area contributed by atoms with Gasteiger partial charge in [0.1, 0.15) is 0 Å². The Morgan fingerprint density at radius 3 is 2.18 bits per heavy atom. The van der Waals surface area contributed by atoms with Gasteiger partial charge < -0.3 is 10.4 Å². The largest absolute Gasteiger partial charge is 0.569 e. The first-order valence-corrected chi connectivity index (χ1v) is 3.92. The topological polar surface area (TPSA) is 61.9 Å². The molecule has 0 spiro atoms. The van der Waals surface area contributed by atoms with Gasteiger partial charge in [0.05, 0.1) is 18.1 Å². The second-order valence-corrected chi connectivity index (χ2v) is 2.71. The Morgan fingerprint density at radius 1 is 1.18 bits per heavy atom. The molecular weight excluding hydrogens is 146 g/mol. The van der Waals surface area contributed by atoms with Crippen molar-refractivity contribution in [1.82, 2.24) is 5.01 Å². The summed E-state index contributed by atoms with van der Waals surface area (Å²) in [4.78, 5) is 0.269. The van der Waals surface area contributed by atoms with E-state index >= 15 is 0 Å². The maximum Gasteiger partial charge on any atom is 0.230 e. The molecule has 1 heterocycles. The number of hydrogen-bond acceptors (Lipinski definition) is 2. The molecule has 5 heteroatoms. The third-order valence-electron chi connectivity index (χ3n) is 1.90. The highest BCUT2D eigenvalue weighted by Crippen LogP contribution is 2.09. The normalized spacial score (nSPS) is 21.5. The van der Waals surface area contributed by atoms with Gasteiger partial charge in [0.15, 0.2) is 0 Å². The highest BCUT2D eigenvalue weighted by Gasteiger charge is 2.14. The van der Waals surface area contributed by atoms with E-state index < -0.39 is 0 Å². The SMILES string of the molecule is [O-]/[N+](=N/O)N1CCCCCC1. The van der Waals surface area contributed by atoms with Crippen LogP contribution in [0.1, 0.15) is 25.7 Å². The molecule has 1 saturated heterocycles. The first-order chi connectivity index (χ1) is 5.34. The van der Waals surface area contributed by atoms with E-state index in [9.17, 15) is 5.21 Å². The van der Waals surface area contributed by atoms with E-state index in [0.29, 0.717) is 13.1 Å². The van der Waals surface area contributed by atoms with Crippen LogP contribution in [-0.4, -0.2) is 28.3 Å². The Balaban J connectivity index is 2.42. The first-order valence-electron chi connectivity index (χ1n) is 3.92. The summed E-state index contributed by atoms with van der Waals surface area (Å²) < 4.78 is 0. The second kappa shape index (κ2) is 4.00. The number of hydrogen-bond donors (Lipinski definition) is 1. The molecule has 64 valence electrons. The van der Waals surface area contributed by atoms with Crippen molar-refractivity contribution in [3.8, 4) is 0 Å². The zero-order valence-electron chi connectivity index (χ0n) is 6.44. The summed E-state index contributed by atoms with van der Waals surface area (Å²) in [5, 5.41) is 23.0. The van der Waals surface area contributed by atoms with Gasteiger partial charge in [-0.2, -0.15) is 0 Å². The monoisotopic (exact) mass is 159 g/mol. The average molecular weight is 159 g/mol. The van der Waals surface area contributed by atoms with E-state index in [1.807, 2.05) is 0 Å². The second-order valence-electron chi connectivity index (χ2n) is 2.71. The van der Waals surface area contributed by atoms with Crippen LogP contribution in [0.5, 0.6) is 0 Å². The lowest BCUT2D eigenvalue weighted by Gasteiger charge is -2.13. The number of hydrazine groups is 1. The lowest BCUT2D eigenvalue weighted by atomic mass is 10.2. The van der Waals surface area contributed by atoms with Crippen molar-refractivity contribution >= 4 is 0 Å². The summed E-state index contributed by atoms with van der Waals surface area (Å²) in [5.41, 5.74) is 0. The van der Waals surface area contributed by atoms with Gasteiger partial charge in [-0.25, -0.2) is 0 Å². The fourth-order valence-corrected chi connectivity index (χ4v) is 1.28. The number of rotatable bonds is 1. The first kappa shape index (κ1) is 8.10. The summed E-state index contributed by atoms with van der Waals surface area (Å²) in [6.45, 7) is 1.40. The maximum absolute atomic E-state index is 10.7. The molecule has 0 aromatic rings. The Morgan fingerprint density at radius 2 is 1.73 bits per heavy atom. The van der Waals surface area contributed by atoms with E-state index in [4.69, 9.17) is 5.21 Å². The smallest absolute Gasteiger partial charge is 0.230 e. The van der Waals surface area contributed by atoms with Crippen molar-refractivity contribution < 1.29 is 10.2 Å². The van der Waals surface area contributed by atoms with E-state index in [1.165, 1.54) is 5.01 Å². The molecule has 11 heavy (non-hydrogen) atoms. The highest BCUT2D eigenvalue weighted by molar-refractivity contribution is 4.54. The summed E-state index contributed by atoms with van der Waals surface area (Å²) in [6.07, 6.45) is 4.34. The number of nitrogens with zero attached hydrogens (tertiary/aromatic N) is 3. The average Bonchev–Trinajstić information content (AvgIpc) is 2.30. The summed E-state index contributed by atoms with van der Waals surface area (Å²) >= 11 is 0. The molecular formula is C6H13N3O2. The molecule has 0 unspecified atom stereocenters. The fraction of sp³-hybridized carbons (Fsp3) is 1.00. The molecule has 1 aliphatic heterocycles. The molecule has 0 atom stereocenters. The lowest BCUT2D eigenvalue weighted by molar-refractivity contribution is -0.709. The van der Waals surface area contributed by atoms with Crippen LogP contribution in [-0.2, 0) is 0 Å². The third kappa shape index (κ3) is 2.25. The zero-order valence-corrected chi connectivity index (χ0v) is 6.44. The molecule has 1 aliphatic rings. The third-order valence-corrected chi connectivity index (χ3v) is 1.90. The molecule has 5 nitrogen and oxygen atoms in total. The predicted molar refractivity (Wildman–Crippen MR) is 37.9 cm³/mol. The van der Waals surface area contributed by atoms with Crippen LogP contribution in [0.3, 0.4) is 0 Å². The molecule has 1 rings (SSSR count). The van der Waals surface area contributed by atoms with Gasteiger partial charge in [-0.3, -0.25) is 0 Å². The quantitative estimate of drug-likeness (QED) is 0.354. The van der Waals surface area contributed by atoms with Gasteiger partial charge in [-0.15, -0.1) is 5.01 Å². The van der Waals surface area contributed by atoms with Gasteiger partial charge in [0.25, 0.3) is 0 Å². The van der Waals surface area contributed by atoms with Crippen LogP contribution >= 0.6 is 0 Å². The zero-order chi connectivity index (χ0) is 8.10. The minimum absolute atomic E-state index is 0.269. The standard InChI is InChI=1S/C6H13N3O2/c10-7-9(11)8-5-3-1-2-4-6-8/h10H,1-6H2/b9-7+. The summed E-state index contributed by atoms with van der Waals surface area (Å²) in [7, 11) is 0. The van der Waals surface area contributed by atoms with Crippen molar-refractivity contribution in [3.63, 3.8) is 0 Å². The minimum Gasteiger partial charge on any atom is -0.569 e. The molecule has 0 aromatic heterocycles. The van der Waals surface area contributed by atoms with Crippen LogP contribution in [0.25, 0.3) is 0 Å². The van der Waals surface area contributed by atoms with E-state index in [1.54, 1.807) is 0 Å². The summed E-state index contributed by atoms with van der Waals surface area (Å²) in [5.74, 6) is 0. The Hall–Kier alpha value is -1.00. The molecule has 0 radical (unpaired) electrons. The summed E-state index contributed by atoms with van der Waals surface area (Å²) in [6, 6.07) is 0. The van der Waals surface area contributed by atoms with E-state index in [-0.39, 0.29) is 4.97 Å². The molecule has 0 saturated carbocycles. The van der Waals surface area contributed by atoms with Crippen molar-refractivity contribution in [2.45, 2.75) is 25.7 Å². The van der Waals surface area contributed by atoms with Crippen molar-refractivity contribution in [3.05, 3.63) is 5.21 Å². The van der Waals surface area contributed by atoms with Gasteiger partial charge in [-0.1, -0.05) is 12.8 Å². The van der Waals surface area contributed by atoms with E-state index in [2.05, 4.69) is 5.28 Å². The fourth-order valence-electron chi connectivity index (χ4n) is 1.28. The molecule has 0 amide bonds. The molecule has 0 aromatic carbocycles. The van der Waals surface area contributed by atoms with Gasteiger partial charge in [0.2, 0.25) is 5.28 Å². The Kier molecular flexibility index (Phi) is 2.95. The van der Waals surface area contributed by atoms with Gasteiger partial charge >= 0.3 is 0 Å². The van der Waals surface area contributed by atoms with Crippen LogP contribution < -0.4 is 0 Å². The predicted octanol–water partition coefficient (Wildman–Crippen LogP) is 1.13. The van der Waals surface area contributed by atoms with Crippen molar-refractivity contribution in [2.24, 2.45) is 5.28 Å². The van der Waals surface area contributed by atoms with Crippen LogP contribution in [0.2, 0.25) is 0 Å². The minimum atomic E-state index is 0.269. The molecule has 0 aliphatic carbocycles. The highest BCUT2D eigenvalue weighted by atomic mass is 16.6. The van der Waals surface area contributed by atoms with Crippen LogP contribution in [0.15, 0.2) is 5.28 Å². The maximum atomic E-state index is 10.7. The van der Waals surface area contributed by atoms with Crippen molar-refractivity contribution in [2.75, 3.05) is 13.1 Å². The molecule has 1 N–H and O–H groups in total. The molecule has 1 fully saturated rings. The Labute approximate surface area is 65.4 Å². The lowest BCUT2D eigenvalue weighted by Crippen LogP contribution is -2.31. The van der Waals surface area contributed by atoms with Crippen molar-refractivity contribution in [1.29, 1.82) is 0 Å². The molecule has 0 bridgehead atoms. The van der Waals surface area contributed by atoms with Crippen LogP contribution in [0, 0.1) is 5.21 Å². The van der Waals surface area contributed by atoms with Crippen LogP contribution in [0.4, 0.5) is 0 Å².